The van der Waals surface area contributed by atoms with Gasteiger partial charge in [0.1, 0.15) is 8.07 Å². The molecular formula is C48H42N2Si. The van der Waals surface area contributed by atoms with Crippen molar-refractivity contribution in [2.75, 3.05) is 0 Å². The van der Waals surface area contributed by atoms with Gasteiger partial charge in [-0.1, -0.05) is 144 Å². The lowest BCUT2D eigenvalue weighted by Crippen LogP contribution is -2.56. The van der Waals surface area contributed by atoms with Crippen LogP contribution < -0.4 is 5.19 Å². The highest BCUT2D eigenvalue weighted by Crippen LogP contribution is 2.49. The van der Waals surface area contributed by atoms with Gasteiger partial charge in [-0.15, -0.1) is 0 Å². The summed E-state index contributed by atoms with van der Waals surface area (Å²) < 4.78 is 5.28. The second kappa shape index (κ2) is 12.4. The van der Waals surface area contributed by atoms with Crippen molar-refractivity contribution in [2.45, 2.75) is 50.1 Å². The van der Waals surface area contributed by atoms with E-state index < -0.39 is 8.07 Å². The molecule has 0 saturated heterocycles. The fraction of sp³-hybridized carbons (Fsp3) is 0.167. The van der Waals surface area contributed by atoms with E-state index in [1.54, 1.807) is 10.4 Å². The first-order valence-corrected chi connectivity index (χ1v) is 20.8. The Bertz CT molecular complexity index is 2490. The number of fused-ring (bicyclic) bond motifs is 6. The smallest absolute Gasteiger partial charge is 0.147 e. The maximum absolute atomic E-state index is 2.67. The lowest BCUT2D eigenvalue weighted by Gasteiger charge is -2.45. The Kier molecular flexibility index (Phi) is 7.42. The summed E-state index contributed by atoms with van der Waals surface area (Å²) in [6.07, 6.45) is 33.3. The molecule has 2 aromatic heterocycles. The summed E-state index contributed by atoms with van der Waals surface area (Å²) in [7, 11) is -2.57. The molecule has 6 aromatic rings. The van der Waals surface area contributed by atoms with E-state index >= 15 is 0 Å². The van der Waals surface area contributed by atoms with Gasteiger partial charge in [0.05, 0.1) is 11.6 Å². The van der Waals surface area contributed by atoms with Gasteiger partial charge in [0.2, 0.25) is 0 Å². The molecule has 4 aliphatic rings. The van der Waals surface area contributed by atoms with Crippen LogP contribution in [0.1, 0.15) is 49.4 Å². The van der Waals surface area contributed by atoms with E-state index in [4.69, 9.17) is 0 Å². The lowest BCUT2D eigenvalue weighted by molar-refractivity contribution is 0.637. The van der Waals surface area contributed by atoms with E-state index in [9.17, 15) is 0 Å². The second-order valence-electron chi connectivity index (χ2n) is 14.6. The molecule has 0 N–H and O–H groups in total. The zero-order valence-electron chi connectivity index (χ0n) is 29.0. The molecule has 10 rings (SSSR count). The van der Waals surface area contributed by atoms with Gasteiger partial charge in [0, 0.05) is 38.6 Å². The molecule has 3 heteroatoms. The number of allylic oxidation sites excluding steroid dienone is 13. The van der Waals surface area contributed by atoms with Crippen molar-refractivity contribution in [2.24, 2.45) is 0 Å². The van der Waals surface area contributed by atoms with Crippen LogP contribution in [0.25, 0.3) is 44.5 Å². The average molecular weight is 675 g/mol. The fourth-order valence-corrected chi connectivity index (χ4v) is 15.9. The molecular weight excluding hydrogens is 633 g/mol. The van der Waals surface area contributed by atoms with Gasteiger partial charge in [-0.05, 0) is 91.2 Å². The Labute approximate surface area is 301 Å². The third-order valence-electron chi connectivity index (χ3n) is 12.0. The highest BCUT2D eigenvalue weighted by molar-refractivity contribution is 7.04. The van der Waals surface area contributed by atoms with Crippen molar-refractivity contribution in [3.8, 4) is 0 Å². The molecule has 2 nitrogen and oxygen atoms in total. The molecule has 0 radical (unpaired) electrons. The summed E-state index contributed by atoms with van der Waals surface area (Å²) in [6, 6.07) is 39.0. The molecule has 4 aliphatic carbocycles. The normalized spacial score (nSPS) is 21.1. The predicted molar refractivity (Wildman–Crippen MR) is 220 cm³/mol. The molecule has 0 fully saturated rings. The minimum absolute atomic E-state index is 0.146. The van der Waals surface area contributed by atoms with Crippen LogP contribution in [-0.4, -0.2) is 17.2 Å². The number of nitrogens with zero attached hydrogens (tertiary/aromatic N) is 2. The van der Waals surface area contributed by atoms with Gasteiger partial charge >= 0.3 is 0 Å². The maximum Gasteiger partial charge on any atom is 0.147 e. The topological polar surface area (TPSA) is 9.86 Å². The fourth-order valence-electron chi connectivity index (χ4n) is 9.92. The van der Waals surface area contributed by atoms with E-state index in [0.717, 1.165) is 38.5 Å². The molecule has 0 saturated carbocycles. The van der Waals surface area contributed by atoms with Crippen molar-refractivity contribution in [1.82, 2.24) is 9.13 Å². The molecule has 2 unspecified atom stereocenters. The van der Waals surface area contributed by atoms with Crippen LogP contribution in [0.15, 0.2) is 174 Å². The molecule has 3 atom stereocenters. The van der Waals surface area contributed by atoms with Gasteiger partial charge in [-0.25, -0.2) is 0 Å². The molecule has 0 aliphatic heterocycles. The zero-order chi connectivity index (χ0) is 33.8. The van der Waals surface area contributed by atoms with Gasteiger partial charge in [0.15, 0.2) is 0 Å². The minimum atomic E-state index is -2.57. The Morgan fingerprint density at radius 3 is 2.04 bits per heavy atom. The molecule has 0 spiro atoms. The minimum Gasteiger partial charge on any atom is -0.333 e. The van der Waals surface area contributed by atoms with Crippen LogP contribution in [0.4, 0.5) is 0 Å². The van der Waals surface area contributed by atoms with Gasteiger partial charge in [-0.2, -0.15) is 0 Å². The summed E-state index contributed by atoms with van der Waals surface area (Å²) in [5.74, 6) is 0. The second-order valence-corrected chi connectivity index (χ2v) is 18.8. The average Bonchev–Trinajstić information content (AvgIpc) is 3.73. The Morgan fingerprint density at radius 1 is 0.608 bits per heavy atom. The van der Waals surface area contributed by atoms with Crippen LogP contribution in [-0.2, 0) is 6.42 Å². The third-order valence-corrected chi connectivity index (χ3v) is 17.5. The molecule has 51 heavy (non-hydrogen) atoms. The number of hydrogen-bond donors (Lipinski definition) is 0. The van der Waals surface area contributed by atoms with Crippen LogP contribution >= 0.6 is 0 Å². The SMILES string of the molecule is C1=CCCC([Si@](C2=CC(n3c4c(c5ccccc53)CCC=C4)=CC(n3c4ccccc4c4ccccc43)C2)(c2ccccc2)C2C=CC=CC2)=C1. The first kappa shape index (κ1) is 30.4. The van der Waals surface area contributed by atoms with Crippen LogP contribution in [0.5, 0.6) is 0 Å². The van der Waals surface area contributed by atoms with E-state index in [2.05, 4.69) is 179 Å². The maximum atomic E-state index is 2.67. The summed E-state index contributed by atoms with van der Waals surface area (Å²) >= 11 is 0. The van der Waals surface area contributed by atoms with Crippen LogP contribution in [0, 0.1) is 0 Å². The summed E-state index contributed by atoms with van der Waals surface area (Å²) in [4.78, 5) is 0. The number of aromatic nitrogens is 2. The largest absolute Gasteiger partial charge is 0.333 e. The predicted octanol–water partition coefficient (Wildman–Crippen LogP) is 11.7. The zero-order valence-corrected chi connectivity index (χ0v) is 30.0. The molecule has 0 amide bonds. The highest BCUT2D eigenvalue weighted by Gasteiger charge is 2.49. The number of hydrogen-bond acceptors (Lipinski definition) is 0. The quantitative estimate of drug-likeness (QED) is 0.156. The van der Waals surface area contributed by atoms with E-state index in [-0.39, 0.29) is 6.04 Å². The van der Waals surface area contributed by atoms with E-state index in [0.29, 0.717) is 5.54 Å². The van der Waals surface area contributed by atoms with E-state index in [1.807, 2.05) is 0 Å². The summed E-state index contributed by atoms with van der Waals surface area (Å²) in [6.45, 7) is 0. The molecule has 0 bridgehead atoms. The third kappa shape index (κ3) is 4.75. The van der Waals surface area contributed by atoms with Crippen molar-refractivity contribution in [1.29, 1.82) is 0 Å². The van der Waals surface area contributed by atoms with Crippen LogP contribution in [0.2, 0.25) is 5.54 Å². The number of para-hydroxylation sites is 3. The first-order chi connectivity index (χ1) is 25.3. The van der Waals surface area contributed by atoms with Crippen molar-refractivity contribution >= 4 is 57.7 Å². The Hall–Kier alpha value is -5.38. The van der Waals surface area contributed by atoms with Crippen molar-refractivity contribution in [3.63, 3.8) is 0 Å². The first-order valence-electron chi connectivity index (χ1n) is 18.8. The van der Waals surface area contributed by atoms with Gasteiger partial charge in [0.25, 0.3) is 0 Å². The number of aryl methyl sites for hydroxylation is 1. The monoisotopic (exact) mass is 674 g/mol. The van der Waals surface area contributed by atoms with E-state index in [1.165, 1.54) is 54.8 Å². The summed E-state index contributed by atoms with van der Waals surface area (Å²) in [5, 5.41) is 8.88. The van der Waals surface area contributed by atoms with Gasteiger partial charge < -0.3 is 9.13 Å². The molecule has 4 aromatic carbocycles. The van der Waals surface area contributed by atoms with Crippen LogP contribution in [0.3, 0.4) is 0 Å². The summed E-state index contributed by atoms with van der Waals surface area (Å²) in [5.41, 5.74) is 8.50. The Morgan fingerprint density at radius 2 is 1.31 bits per heavy atom. The highest BCUT2D eigenvalue weighted by atomic mass is 28.3. The van der Waals surface area contributed by atoms with Crippen molar-refractivity contribution in [3.05, 3.63) is 186 Å². The van der Waals surface area contributed by atoms with Crippen molar-refractivity contribution < 1.29 is 0 Å². The molecule has 2 heterocycles. The van der Waals surface area contributed by atoms with Gasteiger partial charge in [-0.3, -0.25) is 0 Å². The standard InChI is InChI=1S/C48H42N2Si/c1-4-18-37(19-5-1)51(38-20-6-2-7-21-38,39-22-8-3-9-23-39)40-33-35(49-45-28-14-10-24-41(45)42-25-11-15-29-46(42)49)32-36(34-40)50-47-30-16-12-26-43(47)44-27-13-17-31-48(44)50/h1-8,10-12,14-20,22,24-26,28-32,34-35,38H,9,13,21,23,27,33H2/t35?,38?,51-/m0/s1. The Balaban J connectivity index is 1.30. The lowest BCUT2D eigenvalue weighted by atomic mass is 10.0. The number of benzene rings is 4. The molecule has 248 valence electrons. The number of rotatable bonds is 6.